The van der Waals surface area contributed by atoms with Crippen molar-refractivity contribution in [3.63, 3.8) is 0 Å². The molecule has 0 unspecified atom stereocenters. The minimum atomic E-state index is -1.21. The molecule has 0 heterocycles. The van der Waals surface area contributed by atoms with Gasteiger partial charge in [-0.15, -0.1) is 0 Å². The van der Waals surface area contributed by atoms with Crippen molar-refractivity contribution in [1.82, 2.24) is 0 Å². The molecule has 3 aromatic carbocycles. The van der Waals surface area contributed by atoms with Crippen molar-refractivity contribution in [2.75, 3.05) is 12.4 Å². The summed E-state index contributed by atoms with van der Waals surface area (Å²) in [5.74, 6) is -0.720. The van der Waals surface area contributed by atoms with Crippen LogP contribution in [0.25, 0.3) is 0 Å². The first kappa shape index (κ1) is 24.6. The van der Waals surface area contributed by atoms with Gasteiger partial charge in [0, 0.05) is 5.02 Å². The van der Waals surface area contributed by atoms with Crippen molar-refractivity contribution in [1.29, 1.82) is 0 Å². The molecule has 1 amide bonds. The molecule has 0 saturated carbocycles. The van der Waals surface area contributed by atoms with E-state index >= 15 is 0 Å². The van der Waals surface area contributed by atoms with Crippen LogP contribution in [-0.2, 0) is 6.61 Å². The Morgan fingerprint density at radius 3 is 2.42 bits per heavy atom. The van der Waals surface area contributed by atoms with Gasteiger partial charge in [0.15, 0.2) is 0 Å². The molecular formula is C22H18Cl2LiNO5. The van der Waals surface area contributed by atoms with Crippen LogP contribution in [0.15, 0.2) is 60.7 Å². The average Bonchev–Trinajstić information content (AvgIpc) is 2.72. The topological polar surface area (TPSA) is 84.9 Å². The van der Waals surface area contributed by atoms with E-state index in [9.17, 15) is 14.7 Å². The summed E-state index contributed by atoms with van der Waals surface area (Å²) in [7, 11) is 1.57. The van der Waals surface area contributed by atoms with Gasteiger partial charge in [-0.1, -0.05) is 35.3 Å². The third-order valence-corrected chi connectivity index (χ3v) is 4.73. The van der Waals surface area contributed by atoms with Gasteiger partial charge >= 0.3 is 24.8 Å². The number of anilines is 1. The molecule has 0 atom stereocenters. The summed E-state index contributed by atoms with van der Waals surface area (Å²) in [6, 6.07) is 16.2. The summed E-state index contributed by atoms with van der Waals surface area (Å²) in [6.07, 6.45) is 0. The third kappa shape index (κ3) is 6.43. The first-order valence-corrected chi connectivity index (χ1v) is 9.52. The number of nitrogens with one attached hydrogen (secondary N) is 1. The van der Waals surface area contributed by atoms with Crippen molar-refractivity contribution in [2.24, 2.45) is 0 Å². The number of carboxylic acids is 1. The summed E-state index contributed by atoms with van der Waals surface area (Å²) in [4.78, 5) is 24.2. The fourth-order valence-corrected chi connectivity index (χ4v) is 3.19. The monoisotopic (exact) mass is 453 g/mol. The summed E-state index contributed by atoms with van der Waals surface area (Å²) in [5.41, 5.74) is 1.04. The van der Waals surface area contributed by atoms with Crippen molar-refractivity contribution in [3.05, 3.63) is 87.4 Å². The molecule has 0 saturated heterocycles. The Hall–Kier alpha value is -2.62. The summed E-state index contributed by atoms with van der Waals surface area (Å²) >= 11 is 11.9. The van der Waals surface area contributed by atoms with E-state index in [1.165, 1.54) is 30.3 Å². The third-order valence-electron chi connectivity index (χ3n) is 4.19. The van der Waals surface area contributed by atoms with Gasteiger partial charge in [0.25, 0.3) is 5.91 Å². The van der Waals surface area contributed by atoms with E-state index in [-0.39, 0.29) is 47.3 Å². The zero-order valence-electron chi connectivity index (χ0n) is 15.8. The minimum absolute atomic E-state index is 0. The predicted octanol–water partition coefficient (Wildman–Crippen LogP) is 4.88. The molecule has 31 heavy (non-hydrogen) atoms. The van der Waals surface area contributed by atoms with Crippen LogP contribution in [0.5, 0.6) is 11.5 Å². The predicted molar refractivity (Wildman–Crippen MR) is 122 cm³/mol. The number of hydrogen-bond acceptors (Lipinski definition) is 4. The second-order valence-electron chi connectivity index (χ2n) is 6.23. The Bertz CT molecular complexity index is 1110. The van der Waals surface area contributed by atoms with E-state index in [1.54, 1.807) is 13.2 Å². The summed E-state index contributed by atoms with van der Waals surface area (Å²) < 4.78 is 10.9. The first-order valence-electron chi connectivity index (χ1n) is 8.77. The summed E-state index contributed by atoms with van der Waals surface area (Å²) in [6.45, 7) is 0.225. The van der Waals surface area contributed by atoms with E-state index in [2.05, 4.69) is 5.32 Å². The Morgan fingerprint density at radius 1 is 0.968 bits per heavy atom. The Labute approximate surface area is 201 Å². The Kier molecular flexibility index (Phi) is 8.85. The fourth-order valence-electron chi connectivity index (χ4n) is 2.69. The van der Waals surface area contributed by atoms with Crippen LogP contribution in [0.4, 0.5) is 5.69 Å². The Morgan fingerprint density at radius 2 is 1.74 bits per heavy atom. The maximum absolute atomic E-state index is 12.5. The molecular weight excluding hydrogens is 436 g/mol. The van der Waals surface area contributed by atoms with Crippen LogP contribution in [0, 0.1) is 0 Å². The van der Waals surface area contributed by atoms with Crippen LogP contribution in [0.2, 0.25) is 10.0 Å². The van der Waals surface area contributed by atoms with Crippen LogP contribution in [-0.4, -0.2) is 43.0 Å². The van der Waals surface area contributed by atoms with Gasteiger partial charge in [0.1, 0.15) is 18.1 Å². The van der Waals surface area contributed by atoms with E-state index in [1.807, 2.05) is 24.3 Å². The molecule has 156 valence electrons. The molecule has 2 N–H and O–H groups in total. The number of carboxylic acid groups (broad SMARTS) is 1. The Balaban J connectivity index is 0.00000341. The maximum atomic E-state index is 12.5. The van der Waals surface area contributed by atoms with E-state index < -0.39 is 11.9 Å². The van der Waals surface area contributed by atoms with Gasteiger partial charge in [-0.25, -0.2) is 4.79 Å². The molecule has 0 aliphatic carbocycles. The van der Waals surface area contributed by atoms with Gasteiger partial charge in [-0.3, -0.25) is 4.79 Å². The molecule has 0 aliphatic rings. The average molecular weight is 454 g/mol. The number of carbonyl (C=O) groups excluding carboxylic acids is 1. The van der Waals surface area contributed by atoms with E-state index in [0.29, 0.717) is 16.5 Å². The van der Waals surface area contributed by atoms with Crippen LogP contribution < -0.4 is 14.8 Å². The second-order valence-corrected chi connectivity index (χ2v) is 7.07. The number of halogens is 2. The van der Waals surface area contributed by atoms with Crippen molar-refractivity contribution in [3.8, 4) is 11.5 Å². The molecule has 0 radical (unpaired) electrons. The molecule has 0 bridgehead atoms. The van der Waals surface area contributed by atoms with Gasteiger partial charge in [0.2, 0.25) is 0 Å². The van der Waals surface area contributed by atoms with E-state index in [4.69, 9.17) is 32.7 Å². The normalized spacial score (nSPS) is 10.0. The molecule has 0 fully saturated rings. The van der Waals surface area contributed by atoms with Crippen LogP contribution in [0.1, 0.15) is 26.3 Å². The molecule has 3 rings (SSSR count). The number of benzene rings is 3. The second kappa shape index (κ2) is 11.1. The molecule has 9 heteroatoms. The van der Waals surface area contributed by atoms with Crippen LogP contribution in [0.3, 0.4) is 0 Å². The molecule has 0 aliphatic heterocycles. The molecule has 0 spiro atoms. The van der Waals surface area contributed by atoms with Gasteiger partial charge < -0.3 is 19.9 Å². The zero-order chi connectivity index (χ0) is 21.7. The van der Waals surface area contributed by atoms with Crippen molar-refractivity contribution in [2.45, 2.75) is 6.61 Å². The van der Waals surface area contributed by atoms with Crippen molar-refractivity contribution >= 4 is 59.6 Å². The van der Waals surface area contributed by atoms with Gasteiger partial charge in [0.05, 0.1) is 28.9 Å². The number of amides is 1. The number of aromatic carboxylic acids is 1. The quantitative estimate of drug-likeness (QED) is 0.497. The molecule has 3 aromatic rings. The first-order chi connectivity index (χ1) is 14.4. The summed E-state index contributed by atoms with van der Waals surface area (Å²) in [5, 5.41) is 12.7. The number of hydrogen-bond donors (Lipinski definition) is 2. The number of ether oxygens (including phenoxy) is 2. The number of rotatable bonds is 7. The number of methoxy groups -OCH3 is 1. The standard InChI is InChI=1S/C22H17Cl2NO5.Li.H/c1-29-15-4-2-3-13(9-15)12-30-16-6-8-20(18(11-16)22(27)28)25-21(26)17-7-5-14(23)10-19(17)24;;/h2-11H,12H2,1H3,(H,25,26)(H,27,28);;. The number of carbonyl (C=O) groups is 2. The van der Waals surface area contributed by atoms with Crippen LogP contribution >= 0.6 is 23.2 Å². The van der Waals surface area contributed by atoms with Gasteiger partial charge in [-0.05, 0) is 54.1 Å². The fraction of sp³-hybridized carbons (Fsp3) is 0.0909. The van der Waals surface area contributed by atoms with Gasteiger partial charge in [-0.2, -0.15) is 0 Å². The zero-order valence-corrected chi connectivity index (χ0v) is 17.3. The van der Waals surface area contributed by atoms with E-state index in [0.717, 1.165) is 5.56 Å². The molecule has 0 aromatic heterocycles. The SMILES string of the molecule is COc1cccc(COc2ccc(NC(=O)c3ccc(Cl)cc3Cl)c(C(=O)O)c2)c1.[LiH]. The molecule has 6 nitrogen and oxygen atoms in total. The van der Waals surface area contributed by atoms with Crippen molar-refractivity contribution < 1.29 is 24.2 Å².